The highest BCUT2D eigenvalue weighted by Crippen LogP contribution is 2.26. The van der Waals surface area contributed by atoms with Crippen LogP contribution in [0.15, 0.2) is 60.8 Å². The lowest BCUT2D eigenvalue weighted by Gasteiger charge is -2.31. The minimum atomic E-state index is -0.00173. The van der Waals surface area contributed by atoms with Crippen LogP contribution in [0.4, 0.5) is 5.69 Å². The summed E-state index contributed by atoms with van der Waals surface area (Å²) in [5.74, 6) is -0.00173. The average Bonchev–Trinajstić information content (AvgIpc) is 3.16. The lowest BCUT2D eigenvalue weighted by molar-refractivity contribution is 0.0784. The van der Waals surface area contributed by atoms with Gasteiger partial charge in [0.1, 0.15) is 0 Å². The fourth-order valence-electron chi connectivity index (χ4n) is 4.07. The number of para-hydroxylation sites is 2. The molecule has 4 rings (SSSR count). The van der Waals surface area contributed by atoms with E-state index in [1.54, 1.807) is 11.1 Å². The van der Waals surface area contributed by atoms with Gasteiger partial charge in [0, 0.05) is 32.4 Å². The number of benzene rings is 2. The Labute approximate surface area is 172 Å². The Bertz CT molecular complexity index is 974. The molecule has 0 atom stereocenters. The van der Waals surface area contributed by atoms with Gasteiger partial charge in [0.2, 0.25) is 0 Å². The number of aromatic nitrogens is 2. The van der Waals surface area contributed by atoms with Gasteiger partial charge in [0.25, 0.3) is 5.91 Å². The standard InChI is InChI=1S/C24H28N4O/c1-19-22(17-25-28(19)21-12-5-3-6-13-21)24(29)26(2)18-20-11-7-8-14-23(20)27-15-9-4-10-16-27/h3,5-8,11-14,17H,4,9-10,15-16,18H2,1-2H3. The molecule has 0 N–H and O–H groups in total. The number of piperidine rings is 1. The Morgan fingerprint density at radius 2 is 1.69 bits per heavy atom. The first-order chi connectivity index (χ1) is 14.1. The van der Waals surface area contributed by atoms with Crippen molar-refractivity contribution in [2.45, 2.75) is 32.7 Å². The highest BCUT2D eigenvalue weighted by atomic mass is 16.2. The number of hydrogen-bond acceptors (Lipinski definition) is 3. The molecule has 0 unspecified atom stereocenters. The van der Waals surface area contributed by atoms with E-state index in [0.717, 1.165) is 24.5 Å². The first kappa shape index (κ1) is 19.2. The van der Waals surface area contributed by atoms with Crippen molar-refractivity contribution in [2.24, 2.45) is 0 Å². The minimum absolute atomic E-state index is 0.00173. The molecule has 5 heteroatoms. The van der Waals surface area contributed by atoms with Crippen LogP contribution in [0.3, 0.4) is 0 Å². The number of carbonyl (C=O) groups excluding carboxylic acids is 1. The lowest BCUT2D eigenvalue weighted by atomic mass is 10.1. The monoisotopic (exact) mass is 388 g/mol. The van der Waals surface area contributed by atoms with Crippen molar-refractivity contribution in [3.05, 3.63) is 77.6 Å². The topological polar surface area (TPSA) is 41.4 Å². The number of rotatable bonds is 5. The van der Waals surface area contributed by atoms with E-state index in [1.807, 2.05) is 49.0 Å². The van der Waals surface area contributed by atoms with Crippen molar-refractivity contribution in [3.8, 4) is 5.69 Å². The number of amides is 1. The van der Waals surface area contributed by atoms with Crippen molar-refractivity contribution >= 4 is 11.6 Å². The summed E-state index contributed by atoms with van der Waals surface area (Å²) in [6, 6.07) is 18.4. The summed E-state index contributed by atoms with van der Waals surface area (Å²) in [5.41, 5.74) is 4.91. The smallest absolute Gasteiger partial charge is 0.257 e. The summed E-state index contributed by atoms with van der Waals surface area (Å²) >= 11 is 0. The maximum absolute atomic E-state index is 13.2. The number of anilines is 1. The Morgan fingerprint density at radius 1 is 1.00 bits per heavy atom. The zero-order valence-corrected chi connectivity index (χ0v) is 17.2. The van der Waals surface area contributed by atoms with Crippen molar-refractivity contribution in [2.75, 3.05) is 25.0 Å². The molecule has 3 aromatic rings. The Morgan fingerprint density at radius 3 is 2.45 bits per heavy atom. The van der Waals surface area contributed by atoms with Gasteiger partial charge in [-0.3, -0.25) is 4.79 Å². The van der Waals surface area contributed by atoms with Crippen LogP contribution in [-0.2, 0) is 6.54 Å². The second-order valence-corrected chi connectivity index (χ2v) is 7.73. The molecular weight excluding hydrogens is 360 g/mol. The summed E-state index contributed by atoms with van der Waals surface area (Å²) in [6.07, 6.45) is 5.46. The molecule has 0 radical (unpaired) electrons. The van der Waals surface area contributed by atoms with Gasteiger partial charge in [-0.1, -0.05) is 36.4 Å². The second-order valence-electron chi connectivity index (χ2n) is 7.73. The molecule has 1 aromatic heterocycles. The van der Waals surface area contributed by atoms with E-state index in [1.165, 1.54) is 30.5 Å². The average molecular weight is 389 g/mol. The maximum Gasteiger partial charge on any atom is 0.257 e. The molecule has 0 bridgehead atoms. The number of nitrogens with zero attached hydrogens (tertiary/aromatic N) is 4. The largest absolute Gasteiger partial charge is 0.371 e. The quantitative estimate of drug-likeness (QED) is 0.649. The molecule has 1 saturated heterocycles. The molecule has 1 aliphatic heterocycles. The molecule has 150 valence electrons. The molecule has 29 heavy (non-hydrogen) atoms. The zero-order valence-electron chi connectivity index (χ0n) is 17.2. The maximum atomic E-state index is 13.2. The van der Waals surface area contributed by atoms with Crippen LogP contribution in [0, 0.1) is 6.92 Å². The SMILES string of the molecule is Cc1c(C(=O)N(C)Cc2ccccc2N2CCCCC2)cnn1-c1ccccc1. The van der Waals surface area contributed by atoms with E-state index < -0.39 is 0 Å². The Hall–Kier alpha value is -3.08. The van der Waals surface area contributed by atoms with Crippen LogP contribution in [0.25, 0.3) is 5.69 Å². The molecule has 0 aliphatic carbocycles. The van der Waals surface area contributed by atoms with E-state index >= 15 is 0 Å². The lowest BCUT2D eigenvalue weighted by Crippen LogP contribution is -2.32. The van der Waals surface area contributed by atoms with E-state index in [4.69, 9.17) is 0 Å². The summed E-state index contributed by atoms with van der Waals surface area (Å²) in [5, 5.41) is 4.45. The second kappa shape index (κ2) is 8.52. The summed E-state index contributed by atoms with van der Waals surface area (Å²) in [4.78, 5) is 17.4. The fraction of sp³-hybridized carbons (Fsp3) is 0.333. The third kappa shape index (κ3) is 4.04. The number of hydrogen-bond donors (Lipinski definition) is 0. The van der Waals surface area contributed by atoms with Crippen molar-refractivity contribution in [1.82, 2.24) is 14.7 Å². The molecule has 2 aromatic carbocycles. The van der Waals surface area contributed by atoms with Crippen LogP contribution in [0.2, 0.25) is 0 Å². The van der Waals surface area contributed by atoms with Gasteiger partial charge in [-0.15, -0.1) is 0 Å². The van der Waals surface area contributed by atoms with Crippen molar-refractivity contribution < 1.29 is 4.79 Å². The van der Waals surface area contributed by atoms with E-state index in [2.05, 4.69) is 34.3 Å². The molecule has 1 fully saturated rings. The van der Waals surface area contributed by atoms with Crippen LogP contribution >= 0.6 is 0 Å². The molecular formula is C24H28N4O. The fourth-order valence-corrected chi connectivity index (χ4v) is 4.07. The van der Waals surface area contributed by atoms with Gasteiger partial charge in [-0.2, -0.15) is 5.10 Å². The first-order valence-electron chi connectivity index (χ1n) is 10.3. The van der Waals surface area contributed by atoms with Crippen molar-refractivity contribution in [3.63, 3.8) is 0 Å². The first-order valence-corrected chi connectivity index (χ1v) is 10.3. The predicted octanol–water partition coefficient (Wildman–Crippen LogP) is 4.44. The third-order valence-electron chi connectivity index (χ3n) is 5.68. The third-order valence-corrected chi connectivity index (χ3v) is 5.68. The zero-order chi connectivity index (χ0) is 20.2. The van der Waals surface area contributed by atoms with E-state index in [9.17, 15) is 4.79 Å². The van der Waals surface area contributed by atoms with Crippen LogP contribution in [-0.4, -0.2) is 40.7 Å². The molecule has 1 amide bonds. The highest BCUT2D eigenvalue weighted by molar-refractivity contribution is 5.95. The van der Waals surface area contributed by atoms with E-state index in [0.29, 0.717) is 12.1 Å². The molecule has 0 saturated carbocycles. The van der Waals surface area contributed by atoms with Gasteiger partial charge in [0.15, 0.2) is 0 Å². The van der Waals surface area contributed by atoms with Gasteiger partial charge in [-0.05, 0) is 49.9 Å². The van der Waals surface area contributed by atoms with Crippen LogP contribution in [0.1, 0.15) is 40.9 Å². The Kier molecular flexibility index (Phi) is 5.65. The minimum Gasteiger partial charge on any atom is -0.371 e. The van der Waals surface area contributed by atoms with Gasteiger partial charge in [0.05, 0.1) is 23.1 Å². The number of carbonyl (C=O) groups is 1. The highest BCUT2D eigenvalue weighted by Gasteiger charge is 2.21. The molecule has 2 heterocycles. The van der Waals surface area contributed by atoms with Crippen LogP contribution < -0.4 is 4.90 Å². The normalized spacial score (nSPS) is 14.1. The van der Waals surface area contributed by atoms with Gasteiger partial charge < -0.3 is 9.80 Å². The predicted molar refractivity (Wildman–Crippen MR) is 117 cm³/mol. The summed E-state index contributed by atoms with van der Waals surface area (Å²) in [7, 11) is 1.87. The molecule has 0 spiro atoms. The van der Waals surface area contributed by atoms with Gasteiger partial charge >= 0.3 is 0 Å². The van der Waals surface area contributed by atoms with Gasteiger partial charge in [-0.25, -0.2) is 4.68 Å². The molecule has 5 nitrogen and oxygen atoms in total. The summed E-state index contributed by atoms with van der Waals surface area (Å²) < 4.78 is 1.82. The van der Waals surface area contributed by atoms with Crippen LogP contribution in [0.5, 0.6) is 0 Å². The molecule has 1 aliphatic rings. The van der Waals surface area contributed by atoms with E-state index in [-0.39, 0.29) is 5.91 Å². The summed E-state index contributed by atoms with van der Waals surface area (Å²) in [6.45, 7) is 4.72. The Balaban J connectivity index is 1.53. The van der Waals surface area contributed by atoms with Crippen molar-refractivity contribution in [1.29, 1.82) is 0 Å².